The van der Waals surface area contributed by atoms with Gasteiger partial charge in [0, 0.05) is 29.0 Å². The van der Waals surface area contributed by atoms with E-state index >= 15 is 0 Å². The van der Waals surface area contributed by atoms with Gasteiger partial charge in [0.2, 0.25) is 0 Å². The first-order valence-electron chi connectivity index (χ1n) is 10.7. The largest absolute Gasteiger partial charge is 0.348 e. The van der Waals surface area contributed by atoms with Crippen molar-refractivity contribution in [2.45, 2.75) is 13.5 Å². The molecule has 3 aromatic carbocycles. The molecule has 0 spiro atoms. The summed E-state index contributed by atoms with van der Waals surface area (Å²) in [6.07, 6.45) is 0. The third-order valence-electron chi connectivity index (χ3n) is 5.08. The average molecular weight is 470 g/mol. The van der Waals surface area contributed by atoms with Crippen molar-refractivity contribution in [3.63, 3.8) is 0 Å². The van der Waals surface area contributed by atoms with Crippen molar-refractivity contribution < 1.29 is 14.4 Å². The Balaban J connectivity index is 1.35. The zero-order chi connectivity index (χ0) is 23.9. The highest BCUT2D eigenvalue weighted by Gasteiger charge is 2.11. The molecule has 0 fully saturated rings. The average Bonchev–Trinajstić information content (AvgIpc) is 3.39. The normalized spacial score (nSPS) is 10.4. The molecule has 0 aliphatic carbocycles. The lowest BCUT2D eigenvalue weighted by Gasteiger charge is -2.10. The molecule has 7 heteroatoms. The minimum absolute atomic E-state index is 0.192. The van der Waals surface area contributed by atoms with Crippen LogP contribution in [0.3, 0.4) is 0 Å². The predicted octanol–water partition coefficient (Wildman–Crippen LogP) is 5.49. The number of amides is 3. The van der Waals surface area contributed by atoms with Gasteiger partial charge < -0.3 is 16.0 Å². The number of carbonyl (C=O) groups is 3. The molecule has 1 heterocycles. The maximum absolute atomic E-state index is 12.7. The maximum Gasteiger partial charge on any atom is 0.265 e. The van der Waals surface area contributed by atoms with Gasteiger partial charge in [-0.3, -0.25) is 14.4 Å². The van der Waals surface area contributed by atoms with Crippen LogP contribution in [0.25, 0.3) is 0 Å². The van der Waals surface area contributed by atoms with E-state index in [-0.39, 0.29) is 17.7 Å². The molecule has 170 valence electrons. The van der Waals surface area contributed by atoms with E-state index in [2.05, 4.69) is 16.0 Å². The van der Waals surface area contributed by atoms with Gasteiger partial charge in [0.15, 0.2) is 0 Å². The van der Waals surface area contributed by atoms with Gasteiger partial charge in [0.1, 0.15) is 0 Å². The first kappa shape index (κ1) is 22.9. The quantitative estimate of drug-likeness (QED) is 0.334. The van der Waals surface area contributed by atoms with Crippen LogP contribution in [0, 0.1) is 6.92 Å². The van der Waals surface area contributed by atoms with Crippen molar-refractivity contribution in [2.75, 3.05) is 10.6 Å². The van der Waals surface area contributed by atoms with Gasteiger partial charge in [-0.2, -0.15) is 0 Å². The fourth-order valence-corrected chi connectivity index (χ4v) is 3.91. The van der Waals surface area contributed by atoms with Gasteiger partial charge >= 0.3 is 0 Å². The summed E-state index contributed by atoms with van der Waals surface area (Å²) in [6, 6.07) is 25.0. The van der Waals surface area contributed by atoms with Gasteiger partial charge in [-0.1, -0.05) is 42.0 Å². The predicted molar refractivity (Wildman–Crippen MR) is 135 cm³/mol. The Labute approximate surface area is 201 Å². The summed E-state index contributed by atoms with van der Waals surface area (Å²) in [6.45, 7) is 2.26. The zero-order valence-electron chi connectivity index (χ0n) is 18.5. The van der Waals surface area contributed by atoms with E-state index in [1.54, 1.807) is 48.5 Å². The van der Waals surface area contributed by atoms with Crippen LogP contribution in [0.2, 0.25) is 0 Å². The minimum Gasteiger partial charge on any atom is -0.348 e. The van der Waals surface area contributed by atoms with Crippen molar-refractivity contribution in [3.05, 3.63) is 117 Å². The zero-order valence-corrected chi connectivity index (χ0v) is 19.3. The number of aryl methyl sites for hydroxylation is 1. The lowest BCUT2D eigenvalue weighted by Crippen LogP contribution is -2.23. The van der Waals surface area contributed by atoms with Crippen molar-refractivity contribution in [2.24, 2.45) is 0 Å². The molecule has 34 heavy (non-hydrogen) atoms. The van der Waals surface area contributed by atoms with Crippen LogP contribution in [0.5, 0.6) is 0 Å². The standard InChI is InChI=1S/C27H23N3O3S/c1-18-10-12-20(13-11-18)26(32)29-22-7-2-5-19(15-22)17-28-25(31)21-6-3-8-23(16-21)30-27(33)24-9-4-14-34-24/h2-16H,17H2,1H3,(H,28,31)(H,29,32)(H,30,33). The summed E-state index contributed by atoms with van der Waals surface area (Å²) in [5.74, 6) is -0.666. The molecule has 0 bridgehead atoms. The molecule has 0 aliphatic rings. The lowest BCUT2D eigenvalue weighted by atomic mass is 10.1. The second-order valence-corrected chi connectivity index (χ2v) is 8.66. The van der Waals surface area contributed by atoms with Gasteiger partial charge in [0.25, 0.3) is 17.7 Å². The summed E-state index contributed by atoms with van der Waals surface area (Å²) >= 11 is 1.35. The molecular weight excluding hydrogens is 446 g/mol. The molecule has 3 amide bonds. The Morgan fingerprint density at radius 2 is 1.41 bits per heavy atom. The fourth-order valence-electron chi connectivity index (χ4n) is 3.29. The van der Waals surface area contributed by atoms with Gasteiger partial charge in [-0.25, -0.2) is 0 Å². The monoisotopic (exact) mass is 469 g/mol. The first-order valence-corrected chi connectivity index (χ1v) is 11.6. The highest BCUT2D eigenvalue weighted by Crippen LogP contribution is 2.16. The van der Waals surface area contributed by atoms with E-state index in [0.29, 0.717) is 33.9 Å². The van der Waals surface area contributed by atoms with E-state index in [1.807, 2.05) is 48.7 Å². The Morgan fingerprint density at radius 1 is 0.706 bits per heavy atom. The molecule has 0 saturated heterocycles. The van der Waals surface area contributed by atoms with Crippen molar-refractivity contribution in [1.29, 1.82) is 0 Å². The van der Waals surface area contributed by atoms with E-state index < -0.39 is 0 Å². The lowest BCUT2D eigenvalue weighted by molar-refractivity contribution is 0.0948. The topological polar surface area (TPSA) is 87.3 Å². The number of anilines is 2. The Hall–Kier alpha value is -4.23. The summed E-state index contributed by atoms with van der Waals surface area (Å²) in [4.78, 5) is 38.0. The summed E-state index contributed by atoms with van der Waals surface area (Å²) in [5.41, 5.74) is 4.15. The van der Waals surface area contributed by atoms with E-state index in [0.717, 1.165) is 11.1 Å². The SMILES string of the molecule is Cc1ccc(C(=O)Nc2cccc(CNC(=O)c3cccc(NC(=O)c4cccs4)c3)c2)cc1. The summed E-state index contributed by atoms with van der Waals surface area (Å²) in [7, 11) is 0. The van der Waals surface area contributed by atoms with E-state index in [4.69, 9.17) is 0 Å². The van der Waals surface area contributed by atoms with Crippen LogP contribution >= 0.6 is 11.3 Å². The Kier molecular flexibility index (Phi) is 7.15. The summed E-state index contributed by atoms with van der Waals surface area (Å²) < 4.78 is 0. The van der Waals surface area contributed by atoms with Crippen LogP contribution < -0.4 is 16.0 Å². The minimum atomic E-state index is -0.263. The molecule has 4 aromatic rings. The smallest absolute Gasteiger partial charge is 0.265 e. The van der Waals surface area contributed by atoms with Crippen LogP contribution in [-0.4, -0.2) is 17.7 Å². The van der Waals surface area contributed by atoms with Crippen LogP contribution in [-0.2, 0) is 6.54 Å². The van der Waals surface area contributed by atoms with Crippen molar-refractivity contribution in [1.82, 2.24) is 5.32 Å². The molecular formula is C27H23N3O3S. The number of hydrogen-bond acceptors (Lipinski definition) is 4. The van der Waals surface area contributed by atoms with Crippen LogP contribution in [0.4, 0.5) is 11.4 Å². The Morgan fingerprint density at radius 3 is 2.15 bits per heavy atom. The van der Waals surface area contributed by atoms with Gasteiger partial charge in [-0.05, 0) is 66.4 Å². The number of thiophene rings is 1. The second-order valence-electron chi connectivity index (χ2n) is 7.72. The van der Waals surface area contributed by atoms with Gasteiger partial charge in [0.05, 0.1) is 4.88 Å². The molecule has 0 saturated carbocycles. The van der Waals surface area contributed by atoms with Crippen LogP contribution in [0.1, 0.15) is 41.5 Å². The molecule has 0 aliphatic heterocycles. The molecule has 6 nitrogen and oxygen atoms in total. The number of rotatable bonds is 7. The molecule has 0 unspecified atom stereocenters. The molecule has 0 radical (unpaired) electrons. The third-order valence-corrected chi connectivity index (χ3v) is 5.95. The highest BCUT2D eigenvalue weighted by atomic mass is 32.1. The number of carbonyl (C=O) groups excluding carboxylic acids is 3. The number of nitrogens with one attached hydrogen (secondary N) is 3. The second kappa shape index (κ2) is 10.6. The maximum atomic E-state index is 12.7. The van der Waals surface area contributed by atoms with E-state index in [9.17, 15) is 14.4 Å². The first-order chi connectivity index (χ1) is 16.5. The Bertz CT molecular complexity index is 1320. The molecule has 3 N–H and O–H groups in total. The third kappa shape index (κ3) is 5.96. The molecule has 1 aromatic heterocycles. The van der Waals surface area contributed by atoms with Crippen molar-refractivity contribution in [3.8, 4) is 0 Å². The number of benzene rings is 3. The van der Waals surface area contributed by atoms with Crippen LogP contribution in [0.15, 0.2) is 90.3 Å². The number of hydrogen-bond donors (Lipinski definition) is 3. The molecule has 4 rings (SSSR count). The fraction of sp³-hybridized carbons (Fsp3) is 0.0741. The highest BCUT2D eigenvalue weighted by molar-refractivity contribution is 7.12. The molecule has 0 atom stereocenters. The van der Waals surface area contributed by atoms with Crippen molar-refractivity contribution >= 4 is 40.4 Å². The van der Waals surface area contributed by atoms with E-state index in [1.165, 1.54) is 11.3 Å². The van der Waals surface area contributed by atoms with Gasteiger partial charge in [-0.15, -0.1) is 11.3 Å². The summed E-state index contributed by atoms with van der Waals surface area (Å²) in [5, 5.41) is 10.4.